The van der Waals surface area contributed by atoms with Gasteiger partial charge in [-0.2, -0.15) is 0 Å². The van der Waals surface area contributed by atoms with Crippen molar-refractivity contribution in [3.05, 3.63) is 0 Å². The highest BCUT2D eigenvalue weighted by Crippen LogP contribution is 2.19. The Kier molecular flexibility index (Phi) is 5.92. The summed E-state index contributed by atoms with van der Waals surface area (Å²) < 4.78 is 0. The zero-order valence-electron chi connectivity index (χ0n) is 11.5. The molecule has 0 saturated carbocycles. The Bertz CT molecular complexity index is 235. The number of nitrogens with two attached hydrogens (primary N) is 1. The molecule has 0 aromatic carbocycles. The average Bonchev–Trinajstić information content (AvgIpc) is 2.28. The molecular formula is C13H27N3O. The van der Waals surface area contributed by atoms with Crippen molar-refractivity contribution in [2.24, 2.45) is 17.6 Å². The third-order valence-electron chi connectivity index (χ3n) is 3.40. The van der Waals surface area contributed by atoms with Gasteiger partial charge in [0.1, 0.15) is 0 Å². The van der Waals surface area contributed by atoms with Gasteiger partial charge in [-0.3, -0.25) is 4.79 Å². The molecule has 0 bridgehead atoms. The van der Waals surface area contributed by atoms with Crippen LogP contribution in [0.1, 0.15) is 26.7 Å². The predicted molar refractivity (Wildman–Crippen MR) is 70.7 cm³/mol. The molecule has 100 valence electrons. The maximum atomic E-state index is 12.2. The Hall–Kier alpha value is -0.610. The number of nitrogens with zero attached hydrogens (tertiary/aromatic N) is 2. The second-order valence-electron chi connectivity index (χ2n) is 5.52. The molecule has 1 aliphatic rings. The lowest BCUT2D eigenvalue weighted by molar-refractivity contribution is -0.136. The third kappa shape index (κ3) is 4.64. The van der Waals surface area contributed by atoms with Crippen molar-refractivity contribution in [2.45, 2.75) is 26.7 Å². The van der Waals surface area contributed by atoms with E-state index in [2.05, 4.69) is 18.7 Å². The van der Waals surface area contributed by atoms with Crippen LogP contribution in [-0.2, 0) is 4.79 Å². The van der Waals surface area contributed by atoms with Crippen LogP contribution < -0.4 is 5.73 Å². The van der Waals surface area contributed by atoms with Crippen LogP contribution in [0.15, 0.2) is 0 Å². The van der Waals surface area contributed by atoms with Crippen molar-refractivity contribution in [3.8, 4) is 0 Å². The van der Waals surface area contributed by atoms with E-state index < -0.39 is 0 Å². The number of amides is 1. The van der Waals surface area contributed by atoms with Crippen molar-refractivity contribution >= 4 is 5.91 Å². The molecule has 4 heteroatoms. The van der Waals surface area contributed by atoms with E-state index >= 15 is 0 Å². The molecular weight excluding hydrogens is 214 g/mol. The van der Waals surface area contributed by atoms with E-state index in [1.54, 1.807) is 0 Å². The van der Waals surface area contributed by atoms with Gasteiger partial charge in [0.15, 0.2) is 0 Å². The molecule has 0 spiro atoms. The molecule has 1 heterocycles. The summed E-state index contributed by atoms with van der Waals surface area (Å²) in [4.78, 5) is 16.4. The maximum Gasteiger partial charge on any atom is 0.225 e. The van der Waals surface area contributed by atoms with Crippen LogP contribution in [0.5, 0.6) is 0 Å². The van der Waals surface area contributed by atoms with Crippen molar-refractivity contribution < 1.29 is 4.79 Å². The monoisotopic (exact) mass is 241 g/mol. The van der Waals surface area contributed by atoms with Gasteiger partial charge in [-0.1, -0.05) is 13.8 Å². The first-order valence-electron chi connectivity index (χ1n) is 6.72. The first kappa shape index (κ1) is 14.5. The van der Waals surface area contributed by atoms with E-state index in [1.165, 1.54) is 0 Å². The predicted octanol–water partition coefficient (Wildman–Crippen LogP) is 0.772. The Labute approximate surface area is 105 Å². The van der Waals surface area contributed by atoms with Gasteiger partial charge in [0, 0.05) is 32.6 Å². The van der Waals surface area contributed by atoms with Gasteiger partial charge in [-0.15, -0.1) is 0 Å². The minimum atomic E-state index is 0.229. The van der Waals surface area contributed by atoms with Crippen molar-refractivity contribution in [1.82, 2.24) is 9.80 Å². The van der Waals surface area contributed by atoms with Crippen LogP contribution in [0.2, 0.25) is 0 Å². The van der Waals surface area contributed by atoms with E-state index in [9.17, 15) is 4.79 Å². The van der Waals surface area contributed by atoms with E-state index in [1.807, 2.05) is 11.9 Å². The van der Waals surface area contributed by atoms with E-state index in [0.717, 1.165) is 39.0 Å². The normalized spacial score (nSPS) is 18.6. The Balaban J connectivity index is 2.35. The molecule has 0 radical (unpaired) electrons. The smallest absolute Gasteiger partial charge is 0.225 e. The number of piperidine rings is 1. The largest absolute Gasteiger partial charge is 0.345 e. The van der Waals surface area contributed by atoms with Crippen LogP contribution in [0, 0.1) is 11.8 Å². The maximum absolute atomic E-state index is 12.2. The minimum Gasteiger partial charge on any atom is -0.345 e. The fraction of sp³-hybridized carbons (Fsp3) is 0.923. The molecule has 0 atom stereocenters. The molecule has 1 aliphatic heterocycles. The lowest BCUT2D eigenvalue weighted by Gasteiger charge is -2.33. The molecule has 4 nitrogen and oxygen atoms in total. The lowest BCUT2D eigenvalue weighted by Crippen LogP contribution is -2.43. The van der Waals surface area contributed by atoms with Crippen molar-refractivity contribution in [3.63, 3.8) is 0 Å². The van der Waals surface area contributed by atoms with Crippen LogP contribution in [0.3, 0.4) is 0 Å². The van der Waals surface area contributed by atoms with Crippen molar-refractivity contribution in [2.75, 3.05) is 39.8 Å². The van der Waals surface area contributed by atoms with Gasteiger partial charge in [-0.25, -0.2) is 0 Å². The first-order valence-corrected chi connectivity index (χ1v) is 6.72. The number of carbonyl (C=O) groups is 1. The Morgan fingerprint density at radius 1 is 1.41 bits per heavy atom. The molecule has 2 N–H and O–H groups in total. The summed E-state index contributed by atoms with van der Waals surface area (Å²) in [5, 5.41) is 0. The zero-order chi connectivity index (χ0) is 12.8. The SMILES string of the molecule is CC(C)CN(C)C(=O)C1CCN(CCN)CC1. The third-order valence-corrected chi connectivity index (χ3v) is 3.40. The summed E-state index contributed by atoms with van der Waals surface area (Å²) in [6, 6.07) is 0. The molecule has 1 rings (SSSR count). The van der Waals surface area contributed by atoms with Gasteiger partial charge in [-0.05, 0) is 31.8 Å². The highest BCUT2D eigenvalue weighted by molar-refractivity contribution is 5.78. The second-order valence-corrected chi connectivity index (χ2v) is 5.52. The summed E-state index contributed by atoms with van der Waals surface area (Å²) in [6.07, 6.45) is 1.97. The molecule has 17 heavy (non-hydrogen) atoms. The lowest BCUT2D eigenvalue weighted by atomic mass is 9.95. The first-order chi connectivity index (χ1) is 8.04. The van der Waals surface area contributed by atoms with Gasteiger partial charge in [0.25, 0.3) is 0 Å². The standard InChI is InChI=1S/C13H27N3O/c1-11(2)10-15(3)13(17)12-4-7-16(8-5-12)9-6-14/h11-12H,4-10,14H2,1-3H3. The van der Waals surface area contributed by atoms with Crippen LogP contribution in [0.25, 0.3) is 0 Å². The number of hydrogen-bond donors (Lipinski definition) is 1. The molecule has 1 amide bonds. The van der Waals surface area contributed by atoms with Gasteiger partial charge in [0.2, 0.25) is 5.91 Å². The van der Waals surface area contributed by atoms with Crippen LogP contribution in [-0.4, -0.2) is 55.5 Å². The molecule has 0 aliphatic carbocycles. The Morgan fingerprint density at radius 3 is 2.47 bits per heavy atom. The topological polar surface area (TPSA) is 49.6 Å². The molecule has 0 unspecified atom stereocenters. The molecule has 0 aromatic heterocycles. The number of likely N-dealkylation sites (tertiary alicyclic amines) is 1. The summed E-state index contributed by atoms with van der Waals surface area (Å²) in [5.74, 6) is 1.10. The Morgan fingerprint density at radius 2 is 2.00 bits per heavy atom. The molecule has 1 fully saturated rings. The van der Waals surface area contributed by atoms with Crippen molar-refractivity contribution in [1.29, 1.82) is 0 Å². The minimum absolute atomic E-state index is 0.229. The van der Waals surface area contributed by atoms with Gasteiger partial charge >= 0.3 is 0 Å². The number of rotatable bonds is 5. The molecule has 0 aromatic rings. The highest BCUT2D eigenvalue weighted by atomic mass is 16.2. The van der Waals surface area contributed by atoms with E-state index in [-0.39, 0.29) is 5.92 Å². The summed E-state index contributed by atoms with van der Waals surface area (Å²) >= 11 is 0. The van der Waals surface area contributed by atoms with E-state index in [4.69, 9.17) is 5.73 Å². The second kappa shape index (κ2) is 6.97. The van der Waals surface area contributed by atoms with E-state index in [0.29, 0.717) is 18.4 Å². The summed E-state index contributed by atoms with van der Waals surface area (Å²) in [6.45, 7) is 8.87. The zero-order valence-corrected chi connectivity index (χ0v) is 11.5. The number of hydrogen-bond acceptors (Lipinski definition) is 3. The van der Waals surface area contributed by atoms with Gasteiger partial charge in [0.05, 0.1) is 0 Å². The average molecular weight is 241 g/mol. The fourth-order valence-corrected chi connectivity index (χ4v) is 2.54. The summed E-state index contributed by atoms with van der Waals surface area (Å²) in [5.41, 5.74) is 5.54. The fourth-order valence-electron chi connectivity index (χ4n) is 2.54. The highest BCUT2D eigenvalue weighted by Gasteiger charge is 2.26. The summed E-state index contributed by atoms with van der Waals surface area (Å²) in [7, 11) is 1.93. The quantitative estimate of drug-likeness (QED) is 0.773. The molecule has 1 saturated heterocycles. The van der Waals surface area contributed by atoms with Crippen LogP contribution >= 0.6 is 0 Å². The number of carbonyl (C=O) groups excluding carboxylic acids is 1. The van der Waals surface area contributed by atoms with Crippen LogP contribution in [0.4, 0.5) is 0 Å². The van der Waals surface area contributed by atoms with Gasteiger partial charge < -0.3 is 15.5 Å².